The Labute approximate surface area is 162 Å². The first-order valence-corrected chi connectivity index (χ1v) is 10.4. The van der Waals surface area contributed by atoms with Gasteiger partial charge < -0.3 is 5.32 Å². The van der Waals surface area contributed by atoms with Crippen molar-refractivity contribution in [1.29, 1.82) is 0 Å². The number of amides is 1. The summed E-state index contributed by atoms with van der Waals surface area (Å²) in [4.78, 5) is 12.6. The van der Waals surface area contributed by atoms with Crippen LogP contribution in [-0.4, -0.2) is 27.4 Å². The minimum atomic E-state index is -3.66. The number of sulfonamides is 1. The number of nitrogens with one attached hydrogen (secondary N) is 2. The van der Waals surface area contributed by atoms with Gasteiger partial charge in [-0.25, -0.2) is 13.1 Å². The molecule has 1 aliphatic rings. The number of halogens is 2. The Morgan fingerprint density at radius 2 is 1.69 bits per heavy atom. The van der Waals surface area contributed by atoms with Crippen molar-refractivity contribution in [1.82, 2.24) is 10.0 Å². The zero-order chi connectivity index (χ0) is 18.8. The van der Waals surface area contributed by atoms with Crippen molar-refractivity contribution in [2.45, 2.75) is 23.2 Å². The quantitative estimate of drug-likeness (QED) is 0.685. The molecule has 0 aliphatic heterocycles. The van der Waals surface area contributed by atoms with Crippen molar-refractivity contribution in [2.75, 3.05) is 13.1 Å². The van der Waals surface area contributed by atoms with Crippen LogP contribution in [0.1, 0.15) is 18.4 Å². The lowest BCUT2D eigenvalue weighted by molar-refractivity contribution is -0.123. The minimum Gasteiger partial charge on any atom is -0.354 e. The van der Waals surface area contributed by atoms with Gasteiger partial charge in [-0.3, -0.25) is 4.79 Å². The molecule has 0 atom stereocenters. The summed E-state index contributed by atoms with van der Waals surface area (Å²) >= 11 is 11.7. The fourth-order valence-electron chi connectivity index (χ4n) is 2.79. The molecule has 0 unspecified atom stereocenters. The van der Waals surface area contributed by atoms with Crippen LogP contribution in [0.4, 0.5) is 0 Å². The lowest BCUT2D eigenvalue weighted by atomic mass is 9.95. The normalized spacial score (nSPS) is 15.5. The first kappa shape index (κ1) is 19.2. The van der Waals surface area contributed by atoms with Gasteiger partial charge in [-0.15, -0.1) is 0 Å². The van der Waals surface area contributed by atoms with Crippen LogP contribution in [0.2, 0.25) is 10.0 Å². The van der Waals surface area contributed by atoms with Crippen molar-refractivity contribution in [3.63, 3.8) is 0 Å². The summed E-state index contributed by atoms with van der Waals surface area (Å²) in [6, 6.07) is 13.3. The van der Waals surface area contributed by atoms with Crippen LogP contribution < -0.4 is 10.0 Å². The smallest absolute Gasteiger partial charge is 0.240 e. The molecule has 2 aromatic carbocycles. The molecule has 138 valence electrons. The number of rotatable bonds is 7. The number of hydrogen-bond donors (Lipinski definition) is 2. The largest absolute Gasteiger partial charge is 0.354 e. The predicted molar refractivity (Wildman–Crippen MR) is 102 cm³/mol. The van der Waals surface area contributed by atoms with E-state index in [4.69, 9.17) is 23.2 Å². The summed E-state index contributed by atoms with van der Waals surface area (Å²) in [6.07, 6.45) is 1.55. The summed E-state index contributed by atoms with van der Waals surface area (Å²) in [5.74, 6) is -0.0956. The van der Waals surface area contributed by atoms with E-state index in [0.717, 1.165) is 18.4 Å². The lowest BCUT2D eigenvalue weighted by Crippen LogP contribution is -2.39. The highest BCUT2D eigenvalue weighted by atomic mass is 35.5. The van der Waals surface area contributed by atoms with Crippen molar-refractivity contribution in [3.8, 4) is 0 Å². The highest BCUT2D eigenvalue weighted by Crippen LogP contribution is 2.48. The fourth-order valence-corrected chi connectivity index (χ4v) is 4.25. The second kappa shape index (κ2) is 7.56. The number of carbonyl (C=O) groups is 1. The zero-order valence-corrected chi connectivity index (χ0v) is 16.2. The SMILES string of the molecule is O=C(NCCNS(=O)(=O)c1cccc(Cl)c1)C1(c2ccc(Cl)cc2)CC1. The Kier molecular flexibility index (Phi) is 5.58. The number of carbonyl (C=O) groups excluding carboxylic acids is 1. The van der Waals surface area contributed by atoms with Crippen LogP contribution in [0.5, 0.6) is 0 Å². The van der Waals surface area contributed by atoms with Crippen molar-refractivity contribution in [3.05, 3.63) is 64.1 Å². The van der Waals surface area contributed by atoms with Gasteiger partial charge in [0.05, 0.1) is 10.3 Å². The molecule has 3 rings (SSSR count). The van der Waals surface area contributed by atoms with Gasteiger partial charge in [-0.05, 0) is 48.7 Å². The van der Waals surface area contributed by atoms with Crippen molar-refractivity contribution >= 4 is 39.1 Å². The molecule has 0 aromatic heterocycles. The monoisotopic (exact) mass is 412 g/mol. The molecule has 1 saturated carbocycles. The molecule has 1 amide bonds. The Balaban J connectivity index is 1.53. The third kappa shape index (κ3) is 4.20. The molecule has 5 nitrogen and oxygen atoms in total. The van der Waals surface area contributed by atoms with E-state index >= 15 is 0 Å². The minimum absolute atomic E-state index is 0.0937. The molecular weight excluding hydrogens is 395 g/mol. The maximum absolute atomic E-state index is 12.5. The zero-order valence-electron chi connectivity index (χ0n) is 13.8. The molecule has 0 radical (unpaired) electrons. The molecule has 0 heterocycles. The fraction of sp³-hybridized carbons (Fsp3) is 0.278. The van der Waals surface area contributed by atoms with E-state index in [1.165, 1.54) is 12.1 Å². The number of hydrogen-bond acceptors (Lipinski definition) is 3. The van der Waals surface area contributed by atoms with Gasteiger partial charge in [0.2, 0.25) is 15.9 Å². The average Bonchev–Trinajstić information content (AvgIpc) is 3.41. The van der Waals surface area contributed by atoms with Crippen LogP contribution in [0.15, 0.2) is 53.4 Å². The third-order valence-corrected chi connectivity index (χ3v) is 6.34. The van der Waals surface area contributed by atoms with Crippen LogP contribution in [0.25, 0.3) is 0 Å². The summed E-state index contributed by atoms with van der Waals surface area (Å²) in [7, 11) is -3.66. The molecule has 1 fully saturated rings. The first-order chi connectivity index (χ1) is 12.3. The maximum atomic E-state index is 12.5. The highest BCUT2D eigenvalue weighted by Gasteiger charge is 2.50. The molecule has 2 aromatic rings. The Hall–Kier alpha value is -1.60. The predicted octanol–water partition coefficient (Wildman–Crippen LogP) is 3.12. The van der Waals surface area contributed by atoms with Crippen LogP contribution in [0, 0.1) is 0 Å². The molecule has 0 saturated heterocycles. The molecular formula is C18H18Cl2N2O3S. The van der Waals surface area contributed by atoms with Crippen molar-refractivity contribution in [2.24, 2.45) is 0 Å². The Bertz CT molecular complexity index is 910. The van der Waals surface area contributed by atoms with Gasteiger partial charge in [0.25, 0.3) is 0 Å². The molecule has 0 bridgehead atoms. The van der Waals surface area contributed by atoms with E-state index in [1.807, 2.05) is 12.1 Å². The van der Waals surface area contributed by atoms with Gasteiger partial charge in [0, 0.05) is 23.1 Å². The van der Waals surface area contributed by atoms with Gasteiger partial charge in [0.1, 0.15) is 0 Å². The van der Waals surface area contributed by atoms with Crippen LogP contribution >= 0.6 is 23.2 Å². The summed E-state index contributed by atoms with van der Waals surface area (Å²) in [6.45, 7) is 0.297. The van der Waals surface area contributed by atoms with E-state index < -0.39 is 15.4 Å². The standard InChI is InChI=1S/C18H18Cl2N2O3S/c19-14-6-4-13(5-7-14)18(8-9-18)17(23)21-10-11-22-26(24,25)16-3-1-2-15(20)12-16/h1-7,12,22H,8-11H2,(H,21,23). The highest BCUT2D eigenvalue weighted by molar-refractivity contribution is 7.89. The van der Waals surface area contributed by atoms with Crippen LogP contribution in [0.3, 0.4) is 0 Å². The van der Waals surface area contributed by atoms with E-state index in [0.29, 0.717) is 10.0 Å². The van der Waals surface area contributed by atoms with E-state index in [9.17, 15) is 13.2 Å². The molecule has 0 spiro atoms. The molecule has 8 heteroatoms. The Morgan fingerprint density at radius 3 is 2.31 bits per heavy atom. The van der Waals surface area contributed by atoms with E-state index in [2.05, 4.69) is 10.0 Å². The summed E-state index contributed by atoms with van der Waals surface area (Å²) < 4.78 is 26.9. The molecule has 26 heavy (non-hydrogen) atoms. The van der Waals surface area contributed by atoms with Gasteiger partial charge in [0.15, 0.2) is 0 Å². The second-order valence-electron chi connectivity index (χ2n) is 6.20. The topological polar surface area (TPSA) is 75.3 Å². The van der Waals surface area contributed by atoms with E-state index in [-0.39, 0.29) is 23.9 Å². The molecule has 1 aliphatic carbocycles. The van der Waals surface area contributed by atoms with Gasteiger partial charge in [-0.2, -0.15) is 0 Å². The summed E-state index contributed by atoms with van der Waals surface area (Å²) in [5, 5.41) is 3.78. The average molecular weight is 413 g/mol. The second-order valence-corrected chi connectivity index (χ2v) is 8.84. The van der Waals surface area contributed by atoms with Gasteiger partial charge >= 0.3 is 0 Å². The van der Waals surface area contributed by atoms with Crippen molar-refractivity contribution < 1.29 is 13.2 Å². The van der Waals surface area contributed by atoms with Gasteiger partial charge in [-0.1, -0.05) is 41.4 Å². The van der Waals surface area contributed by atoms with Crippen LogP contribution in [-0.2, 0) is 20.2 Å². The number of benzene rings is 2. The lowest BCUT2D eigenvalue weighted by Gasteiger charge is -2.16. The summed E-state index contributed by atoms with van der Waals surface area (Å²) in [5.41, 5.74) is 0.412. The third-order valence-electron chi connectivity index (χ3n) is 4.39. The maximum Gasteiger partial charge on any atom is 0.240 e. The van der Waals surface area contributed by atoms with E-state index in [1.54, 1.807) is 24.3 Å². The molecule has 2 N–H and O–H groups in total. The Morgan fingerprint density at radius 1 is 1.00 bits per heavy atom. The first-order valence-electron chi connectivity index (χ1n) is 8.13.